The highest BCUT2D eigenvalue weighted by molar-refractivity contribution is 5.91. The van der Waals surface area contributed by atoms with Crippen LogP contribution in [0, 0.1) is 88.3 Å². The van der Waals surface area contributed by atoms with Gasteiger partial charge in [0.2, 0.25) is 0 Å². The zero-order chi connectivity index (χ0) is 81.1. The Labute approximate surface area is 646 Å². The van der Waals surface area contributed by atoms with Gasteiger partial charge in [0.15, 0.2) is 11.9 Å². The van der Waals surface area contributed by atoms with Gasteiger partial charge in [0, 0.05) is 67.7 Å². The topological polar surface area (TPSA) is 342 Å². The van der Waals surface area contributed by atoms with Crippen LogP contribution in [0.4, 0.5) is 25.8 Å². The fraction of sp³-hybridized carbons (Fsp3) is 0.659. The van der Waals surface area contributed by atoms with Crippen molar-refractivity contribution in [3.05, 3.63) is 65.7 Å². The molecule has 0 aliphatic heterocycles. The van der Waals surface area contributed by atoms with Crippen molar-refractivity contribution in [2.45, 2.75) is 193 Å². The van der Waals surface area contributed by atoms with Gasteiger partial charge in [-0.25, -0.2) is 14.4 Å². The minimum atomic E-state index is -1.76. The number of hydrogen-bond donors (Lipinski definition) is 9. The van der Waals surface area contributed by atoms with E-state index in [2.05, 4.69) is 150 Å². The first kappa shape index (κ1) is 102. The molecule has 2 aromatic rings. The SMILES string of the molecule is C=C(COC(=O)NCC#CC(C)C)CC(C)C.CC(C)C#CCNC(=O)C(O)C(O)C(=O)CCCNC(C)C.CC(C)C#CCNC(=O)OC(CC#N)COCCOCCOCCNC(C)C.CCc1ccc(OCCOCCOCCNC(C)C)c(N=Nc2ccc(CCOC(=O)NCC#CC(C)C)cc2)c1. The average molecular weight is 1510 g/mol. The Balaban J connectivity index is 0. The third-order valence-corrected chi connectivity index (χ3v) is 13.4. The highest BCUT2D eigenvalue weighted by Gasteiger charge is 2.29. The molecule has 0 radical (unpaired) electrons. The minimum absolute atomic E-state index is 0.0597. The number of azo groups is 1. The van der Waals surface area contributed by atoms with Gasteiger partial charge in [-0.2, -0.15) is 10.4 Å². The Morgan fingerprint density at radius 3 is 1.45 bits per heavy atom. The summed E-state index contributed by atoms with van der Waals surface area (Å²) >= 11 is 0. The molecule has 26 nitrogen and oxygen atoms in total. The minimum Gasteiger partial charge on any atom is -0.489 e. The summed E-state index contributed by atoms with van der Waals surface area (Å²) < 4.78 is 48.7. The standard InChI is InChI=1S/C32H46N4O5.C20H35N3O5.C16H28N2O4.C14H23NO2/c1-6-27-11-14-31(40-23-22-39-21-20-38-19-17-33-26(4)5)30(24-27)36-35-29-12-9-28(10-13-29)15-18-41-32(37)34-16-7-8-25(2)3;1-17(2)6-5-9-23-20(24)28-19(7-8-21)16-27-15-14-26-13-12-25-11-10-22-18(3)4;1-11(2)7-5-10-18-16(22)15(21)14(20)13(19)8-6-9-17-12(3)4;1-11(2)7-6-8-15-14(16)17-10-13(5)9-12(3)4/h9-14,24-26,33H,6,15-23H2,1-5H3,(H,34,37);17-19,22H,7,9-16H2,1-4H3,(H,23,24);11-12,14-15,17,20-21H,6,8-10H2,1-4H3,(H,18,22);11-12H,5,8-10H2,1-4H3,(H,15,16). The molecule has 2 aromatic carbocycles. The predicted octanol–water partition coefficient (Wildman–Crippen LogP) is 10.5. The molecule has 0 spiro atoms. The second-order valence-electron chi connectivity index (χ2n) is 27.1. The summed E-state index contributed by atoms with van der Waals surface area (Å²) in [6, 6.07) is 16.8. The van der Waals surface area contributed by atoms with E-state index in [0.29, 0.717) is 133 Å². The second-order valence-corrected chi connectivity index (χ2v) is 27.1. The van der Waals surface area contributed by atoms with Crippen molar-refractivity contribution in [3.63, 3.8) is 0 Å². The summed E-state index contributed by atoms with van der Waals surface area (Å²) in [5.74, 6) is 23.9. The van der Waals surface area contributed by atoms with Gasteiger partial charge in [-0.15, -0.1) is 5.11 Å². The molecule has 606 valence electrons. The number of rotatable bonds is 47. The van der Waals surface area contributed by atoms with Crippen LogP contribution in [0.1, 0.15) is 155 Å². The first-order chi connectivity index (χ1) is 51.5. The molecular formula is C82H132N10O16. The van der Waals surface area contributed by atoms with E-state index in [1.165, 1.54) is 0 Å². The van der Waals surface area contributed by atoms with E-state index in [9.17, 15) is 34.2 Å². The lowest BCUT2D eigenvalue weighted by Crippen LogP contribution is -2.45. The average Bonchev–Trinajstić information content (AvgIpc) is 0.858. The predicted molar refractivity (Wildman–Crippen MR) is 425 cm³/mol. The van der Waals surface area contributed by atoms with E-state index in [1.54, 1.807) is 0 Å². The molecule has 26 heteroatoms. The Hall–Kier alpha value is -8.14. The van der Waals surface area contributed by atoms with Crippen LogP contribution in [-0.4, -0.2) is 208 Å². The summed E-state index contributed by atoms with van der Waals surface area (Å²) in [6.07, 6.45) is -2.52. The number of hydrogen-bond acceptors (Lipinski definition) is 22. The number of aliphatic hydroxyl groups excluding tert-OH is 2. The maximum absolute atomic E-state index is 11.7. The fourth-order valence-electron chi connectivity index (χ4n) is 8.17. The Morgan fingerprint density at radius 2 is 0.972 bits per heavy atom. The molecule has 0 heterocycles. The molecule has 0 aliphatic carbocycles. The molecule has 2 rings (SSSR count). The fourth-order valence-corrected chi connectivity index (χ4v) is 8.17. The van der Waals surface area contributed by atoms with Crippen molar-refractivity contribution < 1.29 is 76.8 Å². The number of aryl methyl sites for hydroxylation is 1. The van der Waals surface area contributed by atoms with Crippen molar-refractivity contribution in [1.82, 2.24) is 37.2 Å². The summed E-state index contributed by atoms with van der Waals surface area (Å²) in [7, 11) is 0. The van der Waals surface area contributed by atoms with Crippen molar-refractivity contribution in [2.24, 2.45) is 39.8 Å². The van der Waals surface area contributed by atoms with Gasteiger partial charge in [0.1, 0.15) is 36.9 Å². The third-order valence-electron chi connectivity index (χ3n) is 13.4. The number of nitrogens with zero attached hydrogens (tertiary/aromatic N) is 3. The van der Waals surface area contributed by atoms with Gasteiger partial charge in [0.25, 0.3) is 5.91 Å². The van der Waals surface area contributed by atoms with Crippen molar-refractivity contribution in [2.75, 3.05) is 132 Å². The monoisotopic (exact) mass is 1510 g/mol. The number of ketones is 1. The number of Topliss-reactive ketones (excluding diaryl/α,β-unsaturated/α-hetero) is 1. The maximum atomic E-state index is 11.7. The smallest absolute Gasteiger partial charge is 0.408 e. The van der Waals surface area contributed by atoms with Crippen molar-refractivity contribution >= 4 is 41.3 Å². The number of amides is 4. The molecule has 3 atom stereocenters. The van der Waals surface area contributed by atoms with E-state index in [0.717, 1.165) is 48.3 Å². The Bertz CT molecular complexity index is 3090. The largest absolute Gasteiger partial charge is 0.489 e. The second kappa shape index (κ2) is 68.2. The molecule has 0 saturated carbocycles. The molecule has 108 heavy (non-hydrogen) atoms. The zero-order valence-corrected chi connectivity index (χ0v) is 67.9. The van der Waals surface area contributed by atoms with Gasteiger partial charge in [-0.05, 0) is 72.7 Å². The zero-order valence-electron chi connectivity index (χ0n) is 67.9. The van der Waals surface area contributed by atoms with Crippen molar-refractivity contribution in [3.8, 4) is 59.2 Å². The normalized spacial score (nSPS) is 11.5. The van der Waals surface area contributed by atoms with E-state index in [-0.39, 0.29) is 70.1 Å². The van der Waals surface area contributed by atoms with Gasteiger partial charge in [0.05, 0.1) is 117 Å². The number of carbonyl (C=O) groups excluding carboxylic acids is 5. The quantitative estimate of drug-likeness (QED) is 0.00977. The molecule has 0 bridgehead atoms. The first-order valence-electron chi connectivity index (χ1n) is 37.7. The van der Waals surface area contributed by atoms with E-state index in [4.69, 9.17) is 47.9 Å². The Morgan fingerprint density at radius 1 is 0.519 bits per heavy atom. The van der Waals surface area contributed by atoms with Gasteiger partial charge in [-0.1, -0.05) is 190 Å². The molecule has 4 amide bonds. The van der Waals surface area contributed by atoms with Crippen LogP contribution in [0.3, 0.4) is 0 Å². The highest BCUT2D eigenvalue weighted by Crippen LogP contribution is 2.31. The van der Waals surface area contributed by atoms with Crippen LogP contribution < -0.4 is 42.0 Å². The molecular weight excluding hydrogens is 1380 g/mol. The van der Waals surface area contributed by atoms with Crippen LogP contribution in [-0.2, 0) is 60.3 Å². The summed E-state index contributed by atoms with van der Waals surface area (Å²) in [5, 5.41) is 56.9. The molecule has 0 aromatic heterocycles. The maximum Gasteiger partial charge on any atom is 0.408 e. The Kier molecular flexibility index (Phi) is 64.3. The lowest BCUT2D eigenvalue weighted by molar-refractivity contribution is -0.144. The van der Waals surface area contributed by atoms with E-state index in [1.807, 2.05) is 118 Å². The first-order valence-corrected chi connectivity index (χ1v) is 37.7. The molecule has 9 N–H and O–H groups in total. The third kappa shape index (κ3) is 66.1. The van der Waals surface area contributed by atoms with Crippen LogP contribution in [0.25, 0.3) is 0 Å². The number of carbonyl (C=O) groups is 5. The lowest BCUT2D eigenvalue weighted by Gasteiger charge is -2.16. The number of aliphatic hydroxyl groups is 2. The van der Waals surface area contributed by atoms with Crippen LogP contribution >= 0.6 is 0 Å². The van der Waals surface area contributed by atoms with E-state index < -0.39 is 48.3 Å². The summed E-state index contributed by atoms with van der Waals surface area (Å²) in [5.41, 5.74) is 4.51. The summed E-state index contributed by atoms with van der Waals surface area (Å²) in [4.78, 5) is 58.0. The number of alkyl carbamates (subject to hydrolysis) is 3. The van der Waals surface area contributed by atoms with E-state index >= 15 is 0 Å². The van der Waals surface area contributed by atoms with Gasteiger partial charge in [-0.3, -0.25) is 9.59 Å². The number of nitriles is 1. The molecule has 3 unspecified atom stereocenters. The van der Waals surface area contributed by atoms with Crippen LogP contribution in [0.15, 0.2) is 64.8 Å². The molecule has 0 aliphatic rings. The van der Waals surface area contributed by atoms with Gasteiger partial charge < -0.3 is 90.1 Å². The number of ether oxygens (including phenoxy) is 9. The van der Waals surface area contributed by atoms with Crippen molar-refractivity contribution in [1.29, 1.82) is 5.26 Å². The summed E-state index contributed by atoms with van der Waals surface area (Å²) in [6.45, 7) is 47.2. The number of nitrogens with one attached hydrogen (secondary N) is 7. The molecule has 0 fully saturated rings. The highest BCUT2D eigenvalue weighted by atomic mass is 16.6. The number of benzene rings is 2. The molecule has 0 saturated heterocycles. The lowest BCUT2D eigenvalue weighted by atomic mass is 10.0. The van der Waals surface area contributed by atoms with Crippen LogP contribution in [0.2, 0.25) is 0 Å². The van der Waals surface area contributed by atoms with Crippen LogP contribution in [0.5, 0.6) is 5.75 Å². The van der Waals surface area contributed by atoms with Gasteiger partial charge >= 0.3 is 18.3 Å².